The number of nitrogens with two attached hydrogens (primary N) is 1. The Kier molecular flexibility index (Phi) is 4.87. The fraction of sp³-hybridized carbons (Fsp3) is 0.263. The van der Waals surface area contributed by atoms with Crippen LogP contribution >= 0.6 is 34.4 Å². The first-order chi connectivity index (χ1) is 13.8. The number of benzene rings is 1. The van der Waals surface area contributed by atoms with Crippen LogP contribution in [0.5, 0.6) is 0 Å². The summed E-state index contributed by atoms with van der Waals surface area (Å²) in [6.45, 7) is 0. The fourth-order valence-electron chi connectivity index (χ4n) is 3.39. The van der Waals surface area contributed by atoms with E-state index in [2.05, 4.69) is 20.5 Å². The number of nitrogens with zero attached hydrogens (tertiary/aromatic N) is 4. The topological polar surface area (TPSA) is 89.6 Å². The zero-order chi connectivity index (χ0) is 18.9. The molecule has 3 aromatic heterocycles. The Morgan fingerprint density at radius 2 is 1.89 bits per heavy atom. The van der Waals surface area contributed by atoms with E-state index in [1.165, 1.54) is 34.6 Å². The third-order valence-corrected chi connectivity index (χ3v) is 7.80. The van der Waals surface area contributed by atoms with Crippen LogP contribution in [0.3, 0.4) is 0 Å². The third-order valence-electron chi connectivity index (χ3n) is 4.65. The predicted molar refractivity (Wildman–Crippen MR) is 118 cm³/mol. The monoisotopic (exact) mass is 426 g/mol. The van der Waals surface area contributed by atoms with Gasteiger partial charge in [0.05, 0.1) is 11.1 Å². The number of thioether (sulfide) groups is 1. The molecule has 0 fully saturated rings. The quantitative estimate of drug-likeness (QED) is 0.432. The average Bonchev–Trinajstić information content (AvgIpc) is 3.31. The molecule has 0 radical (unpaired) electrons. The van der Waals surface area contributed by atoms with E-state index in [4.69, 9.17) is 10.7 Å². The van der Waals surface area contributed by atoms with Gasteiger partial charge < -0.3 is 11.1 Å². The van der Waals surface area contributed by atoms with Crippen molar-refractivity contribution >= 4 is 61.3 Å². The maximum absolute atomic E-state index is 6.30. The molecule has 1 aliphatic rings. The molecule has 142 valence electrons. The van der Waals surface area contributed by atoms with Gasteiger partial charge in [0.25, 0.3) is 0 Å². The molecule has 4 aromatic rings. The van der Waals surface area contributed by atoms with E-state index < -0.39 is 0 Å². The van der Waals surface area contributed by atoms with Crippen molar-refractivity contribution in [2.75, 3.05) is 11.1 Å². The minimum absolute atomic E-state index is 0.615. The SMILES string of the molecule is Nc1nc(CSc2nnc(Nc3ccccc3)s2)nc2sc3c(c12)CCCC3. The van der Waals surface area contributed by atoms with Crippen molar-refractivity contribution in [1.82, 2.24) is 20.2 Å². The molecule has 6 nitrogen and oxygen atoms in total. The van der Waals surface area contributed by atoms with Crippen molar-refractivity contribution in [2.24, 2.45) is 0 Å². The van der Waals surface area contributed by atoms with Gasteiger partial charge in [0.1, 0.15) is 16.5 Å². The third kappa shape index (κ3) is 3.57. The first kappa shape index (κ1) is 17.8. The average molecular weight is 427 g/mol. The van der Waals surface area contributed by atoms with E-state index in [1.807, 2.05) is 30.3 Å². The van der Waals surface area contributed by atoms with Gasteiger partial charge in [-0.1, -0.05) is 41.3 Å². The molecule has 28 heavy (non-hydrogen) atoms. The number of nitrogens with one attached hydrogen (secondary N) is 1. The molecule has 0 saturated heterocycles. The van der Waals surface area contributed by atoms with Crippen LogP contribution in [0.2, 0.25) is 0 Å². The molecule has 5 rings (SSSR count). The summed E-state index contributed by atoms with van der Waals surface area (Å²) in [5.41, 5.74) is 8.67. The number of nitrogen functional groups attached to an aromatic ring is 1. The summed E-state index contributed by atoms with van der Waals surface area (Å²) in [5.74, 6) is 1.99. The van der Waals surface area contributed by atoms with Crippen molar-refractivity contribution in [3.05, 3.63) is 46.6 Å². The van der Waals surface area contributed by atoms with Crippen molar-refractivity contribution in [1.29, 1.82) is 0 Å². The second kappa shape index (κ2) is 7.65. The first-order valence-electron chi connectivity index (χ1n) is 9.11. The number of aromatic nitrogens is 4. The van der Waals surface area contributed by atoms with Crippen LogP contribution in [-0.4, -0.2) is 20.2 Å². The molecule has 9 heteroatoms. The number of thiophene rings is 1. The number of rotatable bonds is 5. The normalized spacial score (nSPS) is 13.6. The molecule has 0 bridgehead atoms. The highest BCUT2D eigenvalue weighted by molar-refractivity contribution is 8.00. The molecule has 0 atom stereocenters. The van der Waals surface area contributed by atoms with Crippen LogP contribution in [0.25, 0.3) is 10.2 Å². The van der Waals surface area contributed by atoms with Crippen molar-refractivity contribution < 1.29 is 0 Å². The molecule has 3 heterocycles. The van der Waals surface area contributed by atoms with Gasteiger partial charge >= 0.3 is 0 Å². The van der Waals surface area contributed by atoms with Crippen LogP contribution < -0.4 is 11.1 Å². The standard InChI is InChI=1S/C19H18N6S3/c20-16-15-12-8-4-5-9-13(12)27-17(15)23-14(22-16)10-26-19-25-24-18(28-19)21-11-6-2-1-3-7-11/h1-3,6-7H,4-5,8-10H2,(H,21,24)(H2,20,22,23). The van der Waals surface area contributed by atoms with E-state index in [1.54, 1.807) is 23.1 Å². The summed E-state index contributed by atoms with van der Waals surface area (Å²) >= 11 is 4.89. The number of para-hydroxylation sites is 1. The molecular weight excluding hydrogens is 408 g/mol. The zero-order valence-corrected chi connectivity index (χ0v) is 17.5. The Labute approximate surface area is 174 Å². The lowest BCUT2D eigenvalue weighted by Crippen LogP contribution is -2.02. The Hall–Kier alpha value is -2.23. The highest BCUT2D eigenvalue weighted by Crippen LogP contribution is 2.38. The Balaban J connectivity index is 1.31. The molecule has 0 aliphatic heterocycles. The minimum atomic E-state index is 0.615. The number of anilines is 3. The molecule has 0 spiro atoms. The summed E-state index contributed by atoms with van der Waals surface area (Å²) in [4.78, 5) is 11.8. The summed E-state index contributed by atoms with van der Waals surface area (Å²) in [7, 11) is 0. The van der Waals surface area contributed by atoms with Gasteiger partial charge in [-0.05, 0) is 43.4 Å². The highest BCUT2D eigenvalue weighted by atomic mass is 32.2. The van der Waals surface area contributed by atoms with Gasteiger partial charge in [-0.2, -0.15) is 0 Å². The van der Waals surface area contributed by atoms with Crippen LogP contribution in [-0.2, 0) is 18.6 Å². The van der Waals surface area contributed by atoms with Crippen LogP contribution in [0, 0.1) is 0 Å². The van der Waals surface area contributed by atoms with E-state index in [0.717, 1.165) is 44.0 Å². The number of aryl methyl sites for hydroxylation is 2. The Morgan fingerprint density at radius 3 is 2.79 bits per heavy atom. The fourth-order valence-corrected chi connectivity index (χ4v) is 6.30. The first-order valence-corrected chi connectivity index (χ1v) is 11.7. The Morgan fingerprint density at radius 1 is 1.04 bits per heavy atom. The number of hydrogen-bond donors (Lipinski definition) is 2. The molecule has 0 saturated carbocycles. The molecule has 1 aliphatic carbocycles. The summed E-state index contributed by atoms with van der Waals surface area (Å²) in [5, 5.41) is 13.6. The van der Waals surface area contributed by atoms with Gasteiger partial charge in [0.15, 0.2) is 4.34 Å². The maximum atomic E-state index is 6.30. The second-order valence-electron chi connectivity index (χ2n) is 6.57. The van der Waals surface area contributed by atoms with Gasteiger partial charge in [-0.15, -0.1) is 21.5 Å². The zero-order valence-electron chi connectivity index (χ0n) is 15.0. The van der Waals surface area contributed by atoms with Gasteiger partial charge in [-0.3, -0.25) is 0 Å². The van der Waals surface area contributed by atoms with Gasteiger partial charge in [-0.25, -0.2) is 9.97 Å². The minimum Gasteiger partial charge on any atom is -0.383 e. The lowest BCUT2D eigenvalue weighted by Gasteiger charge is -2.10. The smallest absolute Gasteiger partial charge is 0.210 e. The van der Waals surface area contributed by atoms with Gasteiger partial charge in [0, 0.05) is 10.6 Å². The summed E-state index contributed by atoms with van der Waals surface area (Å²) in [6.07, 6.45) is 4.72. The number of fused-ring (bicyclic) bond motifs is 3. The van der Waals surface area contributed by atoms with Crippen molar-refractivity contribution in [2.45, 2.75) is 35.8 Å². The predicted octanol–water partition coefficient (Wildman–Crippen LogP) is 5.04. The maximum Gasteiger partial charge on any atom is 0.210 e. The summed E-state index contributed by atoms with van der Waals surface area (Å²) < 4.78 is 0.881. The summed E-state index contributed by atoms with van der Waals surface area (Å²) in [6, 6.07) is 9.96. The highest BCUT2D eigenvalue weighted by Gasteiger charge is 2.20. The van der Waals surface area contributed by atoms with E-state index in [-0.39, 0.29) is 0 Å². The Bertz CT molecular complexity index is 1120. The van der Waals surface area contributed by atoms with E-state index in [0.29, 0.717) is 11.6 Å². The molecule has 0 unspecified atom stereocenters. The molecule has 0 amide bonds. The lowest BCUT2D eigenvalue weighted by molar-refractivity contribution is 0.700. The molecule has 3 N–H and O–H groups in total. The van der Waals surface area contributed by atoms with Crippen LogP contribution in [0.15, 0.2) is 34.7 Å². The van der Waals surface area contributed by atoms with E-state index >= 15 is 0 Å². The van der Waals surface area contributed by atoms with Crippen molar-refractivity contribution in [3.63, 3.8) is 0 Å². The number of hydrogen-bond acceptors (Lipinski definition) is 9. The van der Waals surface area contributed by atoms with Crippen LogP contribution in [0.4, 0.5) is 16.6 Å². The molecular formula is C19H18N6S3. The largest absolute Gasteiger partial charge is 0.383 e. The van der Waals surface area contributed by atoms with Crippen LogP contribution in [0.1, 0.15) is 29.1 Å². The van der Waals surface area contributed by atoms with Crippen molar-refractivity contribution in [3.8, 4) is 0 Å². The van der Waals surface area contributed by atoms with E-state index in [9.17, 15) is 0 Å². The lowest BCUT2D eigenvalue weighted by atomic mass is 9.97. The molecule has 1 aromatic carbocycles. The van der Waals surface area contributed by atoms with Gasteiger partial charge in [0.2, 0.25) is 5.13 Å². The second-order valence-corrected chi connectivity index (χ2v) is 9.85.